The fraction of sp³-hybridized carbons (Fsp3) is 0.303. The molecule has 4 aromatic rings. The molecule has 2 aliphatic heterocycles. The Labute approximate surface area is 258 Å². The SMILES string of the molecule is C=CCN1CC(=O)N2[C@@H](Cc3ccc(O)cc3)C(=O)C(Cc3ccc(F)c4scnc34)C[C@@H]2N1C(=O)CCc1ccccn1. The van der Waals surface area contributed by atoms with Crippen LogP contribution < -0.4 is 0 Å². The van der Waals surface area contributed by atoms with Gasteiger partial charge in [-0.05, 0) is 60.7 Å². The quantitative estimate of drug-likeness (QED) is 0.281. The monoisotopic (exact) mass is 613 g/mol. The molecule has 0 saturated carbocycles. The molecule has 1 unspecified atom stereocenters. The normalized spacial score (nSPS) is 20.6. The van der Waals surface area contributed by atoms with Crippen LogP contribution in [0.5, 0.6) is 5.75 Å². The number of aryl methyl sites for hydroxylation is 1. The van der Waals surface area contributed by atoms with Gasteiger partial charge in [-0.15, -0.1) is 17.9 Å². The molecule has 0 radical (unpaired) electrons. The van der Waals surface area contributed by atoms with Crippen LogP contribution in [-0.4, -0.2) is 72.9 Å². The first-order chi connectivity index (χ1) is 21.3. The number of carbonyl (C=O) groups excluding carboxylic acids is 3. The molecule has 4 heterocycles. The van der Waals surface area contributed by atoms with Crippen molar-refractivity contribution in [1.82, 2.24) is 24.9 Å². The van der Waals surface area contributed by atoms with E-state index in [-0.39, 0.29) is 61.5 Å². The van der Waals surface area contributed by atoms with Crippen molar-refractivity contribution in [3.63, 3.8) is 0 Å². The highest BCUT2D eigenvalue weighted by Crippen LogP contribution is 2.37. The molecule has 44 heavy (non-hydrogen) atoms. The number of Topliss-reactive ketones (excluding diaryl/α,β-unsaturated/α-hetero) is 1. The number of aromatic nitrogens is 2. The van der Waals surface area contributed by atoms with E-state index in [1.54, 1.807) is 63.0 Å². The van der Waals surface area contributed by atoms with E-state index in [0.717, 1.165) is 16.8 Å². The number of hydrogen-bond acceptors (Lipinski definition) is 8. The van der Waals surface area contributed by atoms with Gasteiger partial charge < -0.3 is 10.0 Å². The number of nitrogens with zero attached hydrogens (tertiary/aromatic N) is 5. The van der Waals surface area contributed by atoms with E-state index in [4.69, 9.17) is 0 Å². The lowest BCUT2D eigenvalue weighted by atomic mass is 9.80. The number of phenolic OH excluding ortho intramolecular Hbond substituents is 1. The number of piperidine rings is 1. The smallest absolute Gasteiger partial charge is 0.241 e. The van der Waals surface area contributed by atoms with Crippen LogP contribution in [0, 0.1) is 11.7 Å². The van der Waals surface area contributed by atoms with Gasteiger partial charge in [0, 0.05) is 37.2 Å². The van der Waals surface area contributed by atoms with E-state index in [0.29, 0.717) is 23.1 Å². The Bertz CT molecular complexity index is 1700. The molecule has 2 aliphatic rings. The molecule has 0 spiro atoms. The summed E-state index contributed by atoms with van der Waals surface area (Å²) in [5.74, 6) is -1.36. The van der Waals surface area contributed by atoms with Crippen molar-refractivity contribution in [2.75, 3.05) is 13.1 Å². The first-order valence-corrected chi connectivity index (χ1v) is 15.4. The number of ketones is 1. The molecule has 11 heteroatoms. The summed E-state index contributed by atoms with van der Waals surface area (Å²) in [5.41, 5.74) is 4.42. The fourth-order valence-corrected chi connectivity index (χ4v) is 7.06. The predicted octanol–water partition coefficient (Wildman–Crippen LogP) is 4.31. The topological polar surface area (TPSA) is 107 Å². The van der Waals surface area contributed by atoms with Gasteiger partial charge in [-0.2, -0.15) is 0 Å². The third kappa shape index (κ3) is 5.85. The van der Waals surface area contributed by atoms with Gasteiger partial charge in [-0.1, -0.05) is 30.3 Å². The minimum Gasteiger partial charge on any atom is -0.508 e. The predicted molar refractivity (Wildman–Crippen MR) is 164 cm³/mol. The summed E-state index contributed by atoms with van der Waals surface area (Å²) in [7, 11) is 0. The minimum atomic E-state index is -0.834. The van der Waals surface area contributed by atoms with E-state index >= 15 is 0 Å². The van der Waals surface area contributed by atoms with Gasteiger partial charge in [0.1, 0.15) is 17.7 Å². The van der Waals surface area contributed by atoms with Gasteiger partial charge in [-0.3, -0.25) is 24.4 Å². The number of rotatable bonds is 9. The van der Waals surface area contributed by atoms with E-state index in [1.807, 2.05) is 18.2 Å². The molecular formula is C33H32FN5O4S. The van der Waals surface area contributed by atoms with Crippen molar-refractivity contribution >= 4 is 39.2 Å². The summed E-state index contributed by atoms with van der Waals surface area (Å²) in [6.45, 7) is 4.05. The zero-order valence-electron chi connectivity index (χ0n) is 24.0. The number of hydrazine groups is 1. The second-order valence-corrected chi connectivity index (χ2v) is 12.0. The average Bonchev–Trinajstić information content (AvgIpc) is 3.52. The second-order valence-electron chi connectivity index (χ2n) is 11.1. The summed E-state index contributed by atoms with van der Waals surface area (Å²) >= 11 is 1.21. The van der Waals surface area contributed by atoms with Gasteiger partial charge in [0.05, 0.1) is 28.3 Å². The molecule has 2 aromatic carbocycles. The van der Waals surface area contributed by atoms with E-state index < -0.39 is 18.1 Å². The number of fused-ring (bicyclic) bond motifs is 2. The van der Waals surface area contributed by atoms with Gasteiger partial charge in [-0.25, -0.2) is 14.4 Å². The maximum Gasteiger partial charge on any atom is 0.241 e. The Morgan fingerprint density at radius 3 is 2.66 bits per heavy atom. The Hall–Kier alpha value is -4.48. The molecule has 2 amide bonds. The van der Waals surface area contributed by atoms with Crippen LogP contribution in [0.25, 0.3) is 10.2 Å². The van der Waals surface area contributed by atoms with Crippen LogP contribution in [-0.2, 0) is 33.6 Å². The van der Waals surface area contributed by atoms with Crippen molar-refractivity contribution in [3.05, 3.63) is 102 Å². The molecule has 0 aliphatic carbocycles. The summed E-state index contributed by atoms with van der Waals surface area (Å²) in [6.07, 6.45) is 3.97. The molecule has 226 valence electrons. The molecule has 2 saturated heterocycles. The third-order valence-electron chi connectivity index (χ3n) is 8.34. The maximum absolute atomic E-state index is 14.5. The Balaban J connectivity index is 1.37. The zero-order chi connectivity index (χ0) is 30.8. The number of pyridine rings is 1. The lowest BCUT2D eigenvalue weighted by Crippen LogP contribution is -2.72. The van der Waals surface area contributed by atoms with Crippen LogP contribution >= 0.6 is 11.3 Å². The lowest BCUT2D eigenvalue weighted by Gasteiger charge is -2.54. The number of carbonyl (C=O) groups is 3. The molecule has 1 N–H and O–H groups in total. The van der Waals surface area contributed by atoms with E-state index in [9.17, 15) is 23.9 Å². The minimum absolute atomic E-state index is 0.0702. The molecular weight excluding hydrogens is 581 g/mol. The first-order valence-electron chi connectivity index (χ1n) is 14.5. The number of amides is 2. The van der Waals surface area contributed by atoms with Gasteiger partial charge in [0.25, 0.3) is 0 Å². The zero-order valence-corrected chi connectivity index (χ0v) is 24.8. The highest BCUT2D eigenvalue weighted by molar-refractivity contribution is 7.16. The standard InChI is InChI=1S/C33H32FN5O4S/c1-2-15-37-19-30(42)38-27(16-21-6-10-25(40)11-7-21)32(43)23(17-22-8-12-26(34)33-31(22)36-20-44-33)18-28(38)39(37)29(41)13-9-24-5-3-4-14-35-24/h2-8,10-12,14,20,23,27-28,40H,1,9,13,15-19H2/t23?,27-,28-/m0/s1. The highest BCUT2D eigenvalue weighted by Gasteiger charge is 2.51. The number of phenols is 1. The van der Waals surface area contributed by atoms with Gasteiger partial charge >= 0.3 is 0 Å². The second kappa shape index (κ2) is 12.6. The number of thiazole rings is 1. The Morgan fingerprint density at radius 1 is 1.09 bits per heavy atom. The van der Waals surface area contributed by atoms with Gasteiger partial charge in [0.15, 0.2) is 5.78 Å². The largest absolute Gasteiger partial charge is 0.508 e. The van der Waals surface area contributed by atoms with Crippen molar-refractivity contribution < 1.29 is 23.9 Å². The number of hydrogen-bond donors (Lipinski definition) is 1. The van der Waals surface area contributed by atoms with E-state index in [1.165, 1.54) is 17.4 Å². The summed E-state index contributed by atoms with van der Waals surface area (Å²) in [6, 6.07) is 14.3. The van der Waals surface area contributed by atoms with Gasteiger partial charge in [0.2, 0.25) is 11.8 Å². The van der Waals surface area contributed by atoms with Crippen molar-refractivity contribution in [3.8, 4) is 5.75 Å². The number of benzene rings is 2. The molecule has 2 aromatic heterocycles. The molecule has 0 bridgehead atoms. The molecule has 9 nitrogen and oxygen atoms in total. The van der Waals surface area contributed by atoms with Crippen LogP contribution in [0.4, 0.5) is 4.39 Å². The van der Waals surface area contributed by atoms with Crippen LogP contribution in [0.2, 0.25) is 0 Å². The molecule has 2 fully saturated rings. The summed E-state index contributed by atoms with van der Waals surface area (Å²) in [4.78, 5) is 52.3. The van der Waals surface area contributed by atoms with Crippen LogP contribution in [0.1, 0.15) is 29.7 Å². The first kappa shape index (κ1) is 29.6. The Morgan fingerprint density at radius 2 is 1.91 bits per heavy atom. The van der Waals surface area contributed by atoms with Crippen molar-refractivity contribution in [1.29, 1.82) is 0 Å². The number of halogens is 1. The summed E-state index contributed by atoms with van der Waals surface area (Å²) < 4.78 is 14.9. The molecule has 6 rings (SSSR count). The third-order valence-corrected chi connectivity index (χ3v) is 9.18. The van der Waals surface area contributed by atoms with Crippen molar-refractivity contribution in [2.24, 2.45) is 5.92 Å². The van der Waals surface area contributed by atoms with E-state index in [2.05, 4.69) is 16.5 Å². The van der Waals surface area contributed by atoms with Crippen LogP contribution in [0.15, 0.2) is 79.0 Å². The van der Waals surface area contributed by atoms with Crippen LogP contribution in [0.3, 0.4) is 0 Å². The lowest BCUT2D eigenvalue weighted by molar-refractivity contribution is -0.201. The maximum atomic E-state index is 14.5. The number of aromatic hydroxyl groups is 1. The van der Waals surface area contributed by atoms with Crippen molar-refractivity contribution in [2.45, 2.75) is 44.3 Å². The Kier molecular flexibility index (Phi) is 8.49. The fourth-order valence-electron chi connectivity index (χ4n) is 6.32. The summed E-state index contributed by atoms with van der Waals surface area (Å²) in [5, 5.41) is 13.2. The average molecular weight is 614 g/mol. The highest BCUT2D eigenvalue weighted by atomic mass is 32.1. The molecule has 3 atom stereocenters.